The lowest BCUT2D eigenvalue weighted by atomic mass is 9.94. The minimum absolute atomic E-state index is 0.0406. The predicted octanol–water partition coefficient (Wildman–Crippen LogP) is 5.47. The Morgan fingerprint density at radius 2 is 1.62 bits per heavy atom. The molecule has 174 valence electrons. The van der Waals surface area contributed by atoms with Crippen molar-refractivity contribution in [1.82, 2.24) is 0 Å². The highest BCUT2D eigenvalue weighted by Crippen LogP contribution is 2.51. The van der Waals surface area contributed by atoms with Crippen molar-refractivity contribution in [1.29, 1.82) is 0 Å². The van der Waals surface area contributed by atoms with E-state index in [0.717, 1.165) is 11.6 Å². The molecule has 0 aromatic heterocycles. The number of alkyl halides is 3. The van der Waals surface area contributed by atoms with E-state index in [9.17, 15) is 22.8 Å². The number of hydrogen-bond acceptors (Lipinski definition) is 4. The van der Waals surface area contributed by atoms with Gasteiger partial charge in [0.05, 0.1) is 16.5 Å². The van der Waals surface area contributed by atoms with Crippen LogP contribution in [0.5, 0.6) is 11.5 Å². The molecule has 0 spiro atoms. The van der Waals surface area contributed by atoms with Gasteiger partial charge < -0.3 is 19.9 Å². The molecule has 1 amide bonds. The standard InChI is InChI=1S/C25H18F3NO5/c26-25(27,28)19-7-6-17(12-18(19)14-1-3-15(4-2-14)22(30)31)29-23(32)24(9-10-24)16-5-8-20-21(11-16)34-13-33-20/h1-8,11-12H,9-10,13H2,(H,29,32)(H,30,31). The summed E-state index contributed by atoms with van der Waals surface area (Å²) in [7, 11) is 0. The molecule has 1 heterocycles. The van der Waals surface area contributed by atoms with Crippen LogP contribution in [0.1, 0.15) is 34.3 Å². The van der Waals surface area contributed by atoms with E-state index < -0.39 is 23.1 Å². The molecule has 9 heteroatoms. The van der Waals surface area contributed by atoms with Gasteiger partial charge in [-0.2, -0.15) is 13.2 Å². The number of carboxylic acids is 1. The number of ether oxygens (including phenoxy) is 2. The van der Waals surface area contributed by atoms with Crippen LogP contribution in [-0.4, -0.2) is 23.8 Å². The Morgan fingerprint density at radius 1 is 0.912 bits per heavy atom. The molecule has 5 rings (SSSR count). The molecule has 1 saturated carbocycles. The van der Waals surface area contributed by atoms with Crippen molar-refractivity contribution in [2.24, 2.45) is 0 Å². The number of amides is 1. The van der Waals surface area contributed by atoms with Crippen LogP contribution in [-0.2, 0) is 16.4 Å². The highest BCUT2D eigenvalue weighted by molar-refractivity contribution is 6.02. The van der Waals surface area contributed by atoms with Crippen LogP contribution in [0, 0.1) is 0 Å². The molecule has 0 bridgehead atoms. The summed E-state index contributed by atoms with van der Waals surface area (Å²) in [6.07, 6.45) is -3.43. The number of fused-ring (bicyclic) bond motifs is 1. The minimum atomic E-state index is -4.63. The lowest BCUT2D eigenvalue weighted by Crippen LogP contribution is -2.27. The zero-order valence-corrected chi connectivity index (χ0v) is 17.6. The van der Waals surface area contributed by atoms with E-state index in [0.29, 0.717) is 24.3 Å². The van der Waals surface area contributed by atoms with Crippen molar-refractivity contribution in [2.75, 3.05) is 12.1 Å². The molecule has 0 unspecified atom stereocenters. The second-order valence-electron chi connectivity index (χ2n) is 8.24. The summed E-state index contributed by atoms with van der Waals surface area (Å²) in [6, 6.07) is 13.8. The van der Waals surface area contributed by atoms with Gasteiger partial charge in [-0.1, -0.05) is 18.2 Å². The van der Waals surface area contributed by atoms with Crippen molar-refractivity contribution in [3.05, 3.63) is 77.4 Å². The molecule has 1 aliphatic carbocycles. The Bertz CT molecular complexity index is 1300. The lowest BCUT2D eigenvalue weighted by Gasteiger charge is -2.18. The third kappa shape index (κ3) is 3.83. The van der Waals surface area contributed by atoms with Gasteiger partial charge in [-0.3, -0.25) is 4.79 Å². The van der Waals surface area contributed by atoms with E-state index in [2.05, 4.69) is 5.32 Å². The van der Waals surface area contributed by atoms with Crippen molar-refractivity contribution >= 4 is 17.6 Å². The van der Waals surface area contributed by atoms with Gasteiger partial charge in [0.2, 0.25) is 12.7 Å². The summed E-state index contributed by atoms with van der Waals surface area (Å²) >= 11 is 0. The van der Waals surface area contributed by atoms with E-state index in [4.69, 9.17) is 14.6 Å². The van der Waals surface area contributed by atoms with Crippen LogP contribution < -0.4 is 14.8 Å². The van der Waals surface area contributed by atoms with E-state index in [1.54, 1.807) is 18.2 Å². The maximum atomic E-state index is 13.7. The Balaban J connectivity index is 1.46. The van der Waals surface area contributed by atoms with E-state index >= 15 is 0 Å². The molecule has 3 aromatic carbocycles. The van der Waals surface area contributed by atoms with Gasteiger partial charge in [-0.25, -0.2) is 4.79 Å². The van der Waals surface area contributed by atoms with E-state index in [-0.39, 0.29) is 35.1 Å². The molecular weight excluding hydrogens is 451 g/mol. The summed E-state index contributed by atoms with van der Waals surface area (Å²) in [4.78, 5) is 24.3. The van der Waals surface area contributed by atoms with Crippen molar-refractivity contribution in [3.63, 3.8) is 0 Å². The number of carboxylic acid groups (broad SMARTS) is 1. The first-order chi connectivity index (χ1) is 16.2. The summed E-state index contributed by atoms with van der Waals surface area (Å²) in [6.45, 7) is 0.111. The fourth-order valence-electron chi connectivity index (χ4n) is 4.12. The number of rotatable bonds is 5. The molecule has 3 aromatic rings. The second-order valence-corrected chi connectivity index (χ2v) is 8.24. The van der Waals surface area contributed by atoms with Gasteiger partial charge in [0.1, 0.15) is 0 Å². The topological polar surface area (TPSA) is 84.9 Å². The lowest BCUT2D eigenvalue weighted by molar-refractivity contribution is -0.137. The molecule has 0 atom stereocenters. The summed E-state index contributed by atoms with van der Waals surface area (Å²) in [5, 5.41) is 11.8. The van der Waals surface area contributed by atoms with Gasteiger partial charge in [0.25, 0.3) is 0 Å². The summed E-state index contributed by atoms with van der Waals surface area (Å²) in [5.41, 5.74) is -0.715. The first-order valence-electron chi connectivity index (χ1n) is 10.4. The van der Waals surface area contributed by atoms with Gasteiger partial charge in [0, 0.05) is 5.69 Å². The normalized spacial score (nSPS) is 15.6. The third-order valence-electron chi connectivity index (χ3n) is 6.14. The first kappa shape index (κ1) is 21.8. The molecule has 0 saturated heterocycles. The second kappa shape index (κ2) is 7.79. The number of halogens is 3. The van der Waals surface area contributed by atoms with E-state index in [1.165, 1.54) is 36.4 Å². The highest BCUT2D eigenvalue weighted by Gasteiger charge is 2.51. The number of hydrogen-bond donors (Lipinski definition) is 2. The van der Waals surface area contributed by atoms with Crippen LogP contribution in [0.3, 0.4) is 0 Å². The largest absolute Gasteiger partial charge is 0.478 e. The number of benzene rings is 3. The van der Waals surface area contributed by atoms with Gasteiger partial charge >= 0.3 is 12.1 Å². The third-order valence-corrected chi connectivity index (χ3v) is 6.14. The smallest absolute Gasteiger partial charge is 0.417 e. The van der Waals surface area contributed by atoms with Gasteiger partial charge in [0.15, 0.2) is 11.5 Å². The van der Waals surface area contributed by atoms with Gasteiger partial charge in [-0.05, 0) is 72.0 Å². The van der Waals surface area contributed by atoms with Crippen LogP contribution in [0.25, 0.3) is 11.1 Å². The van der Waals surface area contributed by atoms with Crippen molar-refractivity contribution in [2.45, 2.75) is 24.4 Å². The molecule has 1 aliphatic heterocycles. The maximum Gasteiger partial charge on any atom is 0.417 e. The van der Waals surface area contributed by atoms with Crippen molar-refractivity contribution in [3.8, 4) is 22.6 Å². The molecule has 1 fully saturated rings. The molecule has 34 heavy (non-hydrogen) atoms. The van der Waals surface area contributed by atoms with Crippen LogP contribution in [0.2, 0.25) is 0 Å². The van der Waals surface area contributed by atoms with Crippen LogP contribution in [0.4, 0.5) is 18.9 Å². The molecule has 0 radical (unpaired) electrons. The highest BCUT2D eigenvalue weighted by atomic mass is 19.4. The molecule has 6 nitrogen and oxygen atoms in total. The predicted molar refractivity (Wildman–Crippen MR) is 116 cm³/mol. The zero-order valence-electron chi connectivity index (χ0n) is 17.6. The fourth-order valence-corrected chi connectivity index (χ4v) is 4.12. The number of aromatic carboxylic acids is 1. The van der Waals surface area contributed by atoms with Crippen molar-refractivity contribution < 1.29 is 37.3 Å². The molecule has 2 aliphatic rings. The Kier molecular flexibility index (Phi) is 5.00. The number of carbonyl (C=O) groups excluding carboxylic acids is 1. The summed E-state index contributed by atoms with van der Waals surface area (Å²) < 4.78 is 51.7. The Hall–Kier alpha value is -4.01. The number of carbonyl (C=O) groups is 2. The Labute approximate surface area is 191 Å². The monoisotopic (exact) mass is 469 g/mol. The SMILES string of the molecule is O=C(O)c1ccc(-c2cc(NC(=O)C3(c4ccc5c(c4)OCO5)CC3)ccc2C(F)(F)F)cc1. The van der Waals surface area contributed by atoms with E-state index in [1.807, 2.05) is 0 Å². The number of anilines is 1. The van der Waals surface area contributed by atoms with Crippen LogP contribution in [0.15, 0.2) is 60.7 Å². The van der Waals surface area contributed by atoms with Crippen LogP contribution >= 0.6 is 0 Å². The quantitative estimate of drug-likeness (QED) is 0.518. The Morgan fingerprint density at radius 3 is 2.26 bits per heavy atom. The zero-order chi connectivity index (χ0) is 24.1. The average molecular weight is 469 g/mol. The molecular formula is C25H18F3NO5. The maximum absolute atomic E-state index is 13.7. The molecule has 2 N–H and O–H groups in total. The average Bonchev–Trinajstić information content (AvgIpc) is 3.49. The number of nitrogens with one attached hydrogen (secondary N) is 1. The van der Waals surface area contributed by atoms with Gasteiger partial charge in [-0.15, -0.1) is 0 Å². The first-order valence-corrected chi connectivity index (χ1v) is 10.4. The minimum Gasteiger partial charge on any atom is -0.478 e. The fraction of sp³-hybridized carbons (Fsp3) is 0.200. The summed E-state index contributed by atoms with van der Waals surface area (Å²) in [5.74, 6) is -0.348.